The monoisotopic (exact) mass is 443 g/mol. The number of piperidine rings is 1. The Morgan fingerprint density at radius 1 is 1.19 bits per heavy atom. The lowest BCUT2D eigenvalue weighted by molar-refractivity contribution is -0.137. The van der Waals surface area contributed by atoms with Gasteiger partial charge in [0.15, 0.2) is 0 Å². The van der Waals surface area contributed by atoms with Gasteiger partial charge in [-0.05, 0) is 55.7 Å². The number of hydrogen-bond donors (Lipinski definition) is 1. The molecule has 166 valence electrons. The minimum absolute atomic E-state index is 0.117. The van der Waals surface area contributed by atoms with Crippen LogP contribution in [0.15, 0.2) is 36.5 Å². The van der Waals surface area contributed by atoms with E-state index >= 15 is 0 Å². The van der Waals surface area contributed by atoms with E-state index in [0.717, 1.165) is 63.1 Å². The van der Waals surface area contributed by atoms with E-state index in [1.54, 1.807) is 13.3 Å². The van der Waals surface area contributed by atoms with E-state index < -0.39 is 5.97 Å². The fourth-order valence-electron chi connectivity index (χ4n) is 4.89. The summed E-state index contributed by atoms with van der Waals surface area (Å²) in [6.45, 7) is 2.89. The number of hydrogen-bond acceptors (Lipinski definition) is 5. The lowest BCUT2D eigenvalue weighted by atomic mass is 9.90. The number of carboxylic acids is 1. The van der Waals surface area contributed by atoms with Crippen molar-refractivity contribution >= 4 is 28.9 Å². The van der Waals surface area contributed by atoms with Gasteiger partial charge in [0.05, 0.1) is 30.4 Å². The number of ether oxygens (including phenoxy) is 1. The van der Waals surface area contributed by atoms with Gasteiger partial charge in [0.2, 0.25) is 5.88 Å². The van der Waals surface area contributed by atoms with Crippen LogP contribution >= 0.6 is 11.6 Å². The molecule has 1 atom stereocenters. The number of anilines is 2. The third kappa shape index (κ3) is 5.24. The highest BCUT2D eigenvalue weighted by Gasteiger charge is 2.27. The summed E-state index contributed by atoms with van der Waals surface area (Å²) in [5.74, 6) is 0.521. The van der Waals surface area contributed by atoms with Crippen LogP contribution in [-0.4, -0.2) is 48.8 Å². The molecule has 1 aromatic heterocycles. The van der Waals surface area contributed by atoms with Crippen LogP contribution in [-0.2, 0) is 11.2 Å². The smallest absolute Gasteiger partial charge is 0.305 e. The van der Waals surface area contributed by atoms with Crippen molar-refractivity contribution in [2.75, 3.05) is 36.5 Å². The van der Waals surface area contributed by atoms with Gasteiger partial charge in [0.25, 0.3) is 0 Å². The number of halogens is 1. The Morgan fingerprint density at radius 2 is 1.94 bits per heavy atom. The number of methoxy groups -OCH3 is 1. The highest BCUT2D eigenvalue weighted by atomic mass is 35.5. The van der Waals surface area contributed by atoms with Crippen molar-refractivity contribution < 1.29 is 14.6 Å². The second-order valence-electron chi connectivity index (χ2n) is 8.57. The normalized spacial score (nSPS) is 19.6. The first-order valence-electron chi connectivity index (χ1n) is 11.1. The molecule has 31 heavy (non-hydrogen) atoms. The van der Waals surface area contributed by atoms with E-state index in [2.05, 4.69) is 39.0 Å². The van der Waals surface area contributed by atoms with E-state index in [1.165, 1.54) is 5.56 Å². The number of rotatable bonds is 7. The topological polar surface area (TPSA) is 65.9 Å². The van der Waals surface area contributed by atoms with E-state index in [9.17, 15) is 4.79 Å². The summed E-state index contributed by atoms with van der Waals surface area (Å²) >= 11 is 6.36. The van der Waals surface area contributed by atoms with E-state index in [-0.39, 0.29) is 12.5 Å². The van der Waals surface area contributed by atoms with Crippen molar-refractivity contribution in [2.24, 2.45) is 5.92 Å². The molecule has 7 heteroatoms. The predicted molar refractivity (Wildman–Crippen MR) is 124 cm³/mol. The molecule has 0 amide bonds. The molecule has 3 heterocycles. The quantitative estimate of drug-likeness (QED) is 0.672. The molecular weight excluding hydrogens is 414 g/mol. The summed E-state index contributed by atoms with van der Waals surface area (Å²) in [5, 5.41) is 9.82. The first-order chi connectivity index (χ1) is 15.0. The number of benzene rings is 1. The maximum absolute atomic E-state index is 11.1. The lowest BCUT2D eigenvalue weighted by Gasteiger charge is -2.34. The number of pyridine rings is 1. The molecule has 2 aliphatic rings. The van der Waals surface area contributed by atoms with Crippen LogP contribution in [0.1, 0.15) is 37.7 Å². The molecule has 0 saturated carbocycles. The van der Waals surface area contributed by atoms with Crippen molar-refractivity contribution in [1.29, 1.82) is 0 Å². The van der Waals surface area contributed by atoms with E-state index in [4.69, 9.17) is 21.4 Å². The van der Waals surface area contributed by atoms with Crippen molar-refractivity contribution in [2.45, 2.75) is 44.6 Å². The van der Waals surface area contributed by atoms with Crippen LogP contribution in [0, 0.1) is 5.92 Å². The van der Waals surface area contributed by atoms with Crippen LogP contribution < -0.4 is 14.5 Å². The minimum atomic E-state index is -0.716. The van der Waals surface area contributed by atoms with Gasteiger partial charge in [-0.25, -0.2) is 4.98 Å². The van der Waals surface area contributed by atoms with Crippen LogP contribution in [0.3, 0.4) is 0 Å². The molecule has 4 rings (SSSR count). The number of carbonyl (C=O) groups is 1. The second-order valence-corrected chi connectivity index (χ2v) is 8.97. The number of carboxylic acid groups (broad SMARTS) is 1. The molecule has 0 radical (unpaired) electrons. The highest BCUT2D eigenvalue weighted by Crippen LogP contribution is 2.33. The lowest BCUT2D eigenvalue weighted by Crippen LogP contribution is -2.34. The van der Waals surface area contributed by atoms with Gasteiger partial charge in [0, 0.05) is 37.4 Å². The zero-order valence-corrected chi connectivity index (χ0v) is 18.7. The van der Waals surface area contributed by atoms with Gasteiger partial charge < -0.3 is 19.6 Å². The number of aliphatic carboxylic acids is 1. The maximum Gasteiger partial charge on any atom is 0.305 e. The van der Waals surface area contributed by atoms with Gasteiger partial charge in [-0.3, -0.25) is 4.79 Å². The molecule has 1 unspecified atom stereocenters. The van der Waals surface area contributed by atoms with Crippen LogP contribution in [0.4, 0.5) is 11.4 Å². The van der Waals surface area contributed by atoms with E-state index in [1.807, 2.05) is 6.07 Å². The number of aromatic nitrogens is 1. The van der Waals surface area contributed by atoms with Crippen molar-refractivity contribution in [1.82, 2.24) is 4.98 Å². The summed E-state index contributed by atoms with van der Waals surface area (Å²) in [7, 11) is 1.62. The summed E-state index contributed by atoms with van der Waals surface area (Å²) < 4.78 is 5.24. The molecule has 2 fully saturated rings. The van der Waals surface area contributed by atoms with Crippen molar-refractivity contribution in [3.63, 3.8) is 0 Å². The first kappa shape index (κ1) is 21.8. The fourth-order valence-corrected chi connectivity index (χ4v) is 5.11. The fraction of sp³-hybridized carbons (Fsp3) is 0.500. The molecule has 1 aromatic carbocycles. The summed E-state index contributed by atoms with van der Waals surface area (Å²) in [6.07, 6.45) is 7.20. The largest absolute Gasteiger partial charge is 0.481 e. The molecule has 2 aromatic rings. The van der Waals surface area contributed by atoms with Gasteiger partial charge in [-0.2, -0.15) is 0 Å². The Morgan fingerprint density at radius 3 is 2.61 bits per heavy atom. The van der Waals surface area contributed by atoms with Crippen LogP contribution in [0.25, 0.3) is 0 Å². The Labute approximate surface area is 188 Å². The Hall–Kier alpha value is -2.47. The van der Waals surface area contributed by atoms with Crippen LogP contribution in [0.5, 0.6) is 5.88 Å². The standard InChI is InChI=1S/C24H30ClN3O3/c1-31-23-15-22(21(25)16-26-23)27-11-8-18(9-12-27)13-17-4-6-19(7-5-17)28-10-2-3-20(28)14-24(29)30/h4-7,15-16,18,20H,2-3,8-14H2,1H3,(H,29,30). The third-order valence-corrected chi connectivity index (χ3v) is 6.85. The SMILES string of the molecule is COc1cc(N2CCC(Cc3ccc(N4CCCC4CC(=O)O)cc3)CC2)c(Cl)cn1. The zero-order valence-electron chi connectivity index (χ0n) is 18.0. The third-order valence-electron chi connectivity index (χ3n) is 6.55. The molecule has 1 N–H and O–H groups in total. The Balaban J connectivity index is 1.32. The highest BCUT2D eigenvalue weighted by molar-refractivity contribution is 6.33. The molecule has 6 nitrogen and oxygen atoms in total. The molecule has 2 saturated heterocycles. The van der Waals surface area contributed by atoms with E-state index in [0.29, 0.717) is 16.8 Å². The molecule has 0 bridgehead atoms. The minimum Gasteiger partial charge on any atom is -0.481 e. The van der Waals surface area contributed by atoms with Gasteiger partial charge >= 0.3 is 5.97 Å². The maximum atomic E-state index is 11.1. The molecule has 0 spiro atoms. The van der Waals surface area contributed by atoms with Gasteiger partial charge in [-0.15, -0.1) is 0 Å². The average molecular weight is 444 g/mol. The molecule has 0 aliphatic carbocycles. The Bertz CT molecular complexity index is 897. The number of nitrogens with zero attached hydrogens (tertiary/aromatic N) is 3. The summed E-state index contributed by atoms with van der Waals surface area (Å²) in [6, 6.07) is 10.8. The second kappa shape index (κ2) is 9.77. The van der Waals surface area contributed by atoms with Gasteiger partial charge in [-0.1, -0.05) is 23.7 Å². The van der Waals surface area contributed by atoms with Crippen molar-refractivity contribution in [3.8, 4) is 5.88 Å². The Kier molecular flexibility index (Phi) is 6.86. The predicted octanol–water partition coefficient (Wildman–Crippen LogP) is 4.65. The molecule has 2 aliphatic heterocycles. The zero-order chi connectivity index (χ0) is 21.8. The summed E-state index contributed by atoms with van der Waals surface area (Å²) in [5.41, 5.74) is 3.49. The first-order valence-corrected chi connectivity index (χ1v) is 11.4. The van der Waals surface area contributed by atoms with Crippen LogP contribution in [0.2, 0.25) is 5.02 Å². The molecular formula is C24H30ClN3O3. The average Bonchev–Trinajstić information content (AvgIpc) is 3.23. The summed E-state index contributed by atoms with van der Waals surface area (Å²) in [4.78, 5) is 19.9. The van der Waals surface area contributed by atoms with Gasteiger partial charge in [0.1, 0.15) is 0 Å². The van der Waals surface area contributed by atoms with Crippen molar-refractivity contribution in [3.05, 3.63) is 47.1 Å².